The van der Waals surface area contributed by atoms with Crippen LogP contribution in [0.3, 0.4) is 0 Å². The molecule has 23 heavy (non-hydrogen) atoms. The molecule has 2 unspecified atom stereocenters. The standard InChI is InChI=1S/C17H20O6/c1-10(2)16(20)22-11(3)9-12(4)23-17(21)14-8-6-5-7-13(14)15(18)19/h5-8,11-12H,1,9H2,2-4H3,(H,18,19). The molecule has 0 spiro atoms. The number of hydrogen-bond donors (Lipinski definition) is 1. The second-order valence-corrected chi connectivity index (χ2v) is 5.30. The molecule has 6 nitrogen and oxygen atoms in total. The average Bonchev–Trinajstić information content (AvgIpc) is 2.46. The summed E-state index contributed by atoms with van der Waals surface area (Å²) in [5, 5.41) is 9.07. The van der Waals surface area contributed by atoms with Crippen molar-refractivity contribution in [2.45, 2.75) is 39.4 Å². The molecule has 0 aliphatic rings. The van der Waals surface area contributed by atoms with Gasteiger partial charge in [0, 0.05) is 12.0 Å². The lowest BCUT2D eigenvalue weighted by molar-refractivity contribution is -0.144. The summed E-state index contributed by atoms with van der Waals surface area (Å²) in [5.74, 6) is -2.44. The molecule has 1 N–H and O–H groups in total. The SMILES string of the molecule is C=C(C)C(=O)OC(C)CC(C)OC(=O)c1ccccc1C(=O)O. The predicted molar refractivity (Wildman–Crippen MR) is 83.3 cm³/mol. The Morgan fingerprint density at radius 3 is 2.13 bits per heavy atom. The van der Waals surface area contributed by atoms with Gasteiger partial charge in [0.05, 0.1) is 11.1 Å². The molecule has 0 aromatic heterocycles. The summed E-state index contributed by atoms with van der Waals surface area (Å²) in [7, 11) is 0. The molecule has 1 aromatic rings. The number of carbonyl (C=O) groups is 3. The van der Waals surface area contributed by atoms with Crippen molar-refractivity contribution in [1.82, 2.24) is 0 Å². The van der Waals surface area contributed by atoms with E-state index in [9.17, 15) is 14.4 Å². The minimum atomic E-state index is -1.20. The van der Waals surface area contributed by atoms with Crippen molar-refractivity contribution in [2.75, 3.05) is 0 Å². The van der Waals surface area contributed by atoms with Gasteiger partial charge < -0.3 is 14.6 Å². The molecule has 0 aliphatic carbocycles. The second-order valence-electron chi connectivity index (χ2n) is 5.30. The zero-order valence-electron chi connectivity index (χ0n) is 13.4. The molecule has 1 rings (SSSR count). The van der Waals surface area contributed by atoms with E-state index in [2.05, 4.69) is 6.58 Å². The van der Waals surface area contributed by atoms with E-state index in [0.717, 1.165) is 0 Å². The number of esters is 2. The largest absolute Gasteiger partial charge is 0.478 e. The highest BCUT2D eigenvalue weighted by Crippen LogP contribution is 2.14. The van der Waals surface area contributed by atoms with Crippen LogP contribution in [0.2, 0.25) is 0 Å². The molecule has 0 fully saturated rings. The van der Waals surface area contributed by atoms with E-state index in [4.69, 9.17) is 14.6 Å². The summed E-state index contributed by atoms with van der Waals surface area (Å²) >= 11 is 0. The van der Waals surface area contributed by atoms with Crippen molar-refractivity contribution >= 4 is 17.9 Å². The molecule has 0 heterocycles. The summed E-state index contributed by atoms with van der Waals surface area (Å²) in [5.41, 5.74) is 0.154. The van der Waals surface area contributed by atoms with Crippen LogP contribution in [0.15, 0.2) is 36.4 Å². The van der Waals surface area contributed by atoms with Crippen molar-refractivity contribution in [3.05, 3.63) is 47.5 Å². The van der Waals surface area contributed by atoms with Gasteiger partial charge in [0.15, 0.2) is 0 Å². The first-order valence-corrected chi connectivity index (χ1v) is 7.12. The molecule has 0 saturated heterocycles. The van der Waals surface area contributed by atoms with Crippen LogP contribution in [-0.4, -0.2) is 35.2 Å². The van der Waals surface area contributed by atoms with Gasteiger partial charge in [0.2, 0.25) is 0 Å². The molecule has 0 aliphatic heterocycles. The summed E-state index contributed by atoms with van der Waals surface area (Å²) in [6.07, 6.45) is -0.714. The maximum Gasteiger partial charge on any atom is 0.339 e. The van der Waals surface area contributed by atoms with Crippen LogP contribution in [0.1, 0.15) is 47.9 Å². The Bertz CT molecular complexity index is 619. The summed E-state index contributed by atoms with van der Waals surface area (Å²) in [6, 6.07) is 5.82. The Morgan fingerprint density at radius 1 is 1.09 bits per heavy atom. The van der Waals surface area contributed by atoms with Crippen LogP contribution in [0.25, 0.3) is 0 Å². The molecule has 0 amide bonds. The molecule has 1 aromatic carbocycles. The van der Waals surface area contributed by atoms with E-state index < -0.39 is 30.1 Å². The van der Waals surface area contributed by atoms with E-state index in [1.54, 1.807) is 26.8 Å². The van der Waals surface area contributed by atoms with E-state index in [-0.39, 0.29) is 16.7 Å². The molecular weight excluding hydrogens is 300 g/mol. The molecule has 0 bridgehead atoms. The third-order valence-corrected chi connectivity index (χ3v) is 3.01. The fraction of sp³-hybridized carbons (Fsp3) is 0.353. The summed E-state index contributed by atoms with van der Waals surface area (Å²) in [6.45, 7) is 8.35. The smallest absolute Gasteiger partial charge is 0.339 e. The first-order valence-electron chi connectivity index (χ1n) is 7.12. The van der Waals surface area contributed by atoms with Gasteiger partial charge in [-0.2, -0.15) is 0 Å². The Morgan fingerprint density at radius 2 is 1.61 bits per heavy atom. The van der Waals surface area contributed by atoms with Crippen molar-refractivity contribution in [1.29, 1.82) is 0 Å². The molecule has 2 atom stereocenters. The third kappa shape index (κ3) is 5.58. The van der Waals surface area contributed by atoms with E-state index >= 15 is 0 Å². The van der Waals surface area contributed by atoms with Gasteiger partial charge in [-0.05, 0) is 32.9 Å². The van der Waals surface area contributed by atoms with Gasteiger partial charge in [0.25, 0.3) is 0 Å². The maximum absolute atomic E-state index is 12.1. The Labute approximate surface area is 134 Å². The first kappa shape index (κ1) is 18.4. The first-order chi connectivity index (χ1) is 10.7. The number of ether oxygens (including phenoxy) is 2. The molecule has 124 valence electrons. The average molecular weight is 320 g/mol. The maximum atomic E-state index is 12.1. The number of carbonyl (C=O) groups excluding carboxylic acids is 2. The lowest BCUT2D eigenvalue weighted by atomic mass is 10.1. The fourth-order valence-corrected chi connectivity index (χ4v) is 1.94. The van der Waals surface area contributed by atoms with Crippen molar-refractivity contribution in [2.24, 2.45) is 0 Å². The van der Waals surface area contributed by atoms with Crippen LogP contribution in [0, 0.1) is 0 Å². The minimum Gasteiger partial charge on any atom is -0.478 e. The number of hydrogen-bond acceptors (Lipinski definition) is 5. The summed E-state index contributed by atoms with van der Waals surface area (Å²) in [4.78, 5) is 34.6. The number of benzene rings is 1. The third-order valence-electron chi connectivity index (χ3n) is 3.01. The van der Waals surface area contributed by atoms with Crippen molar-refractivity contribution in [3.63, 3.8) is 0 Å². The Balaban J connectivity index is 2.66. The second kappa shape index (κ2) is 8.12. The lowest BCUT2D eigenvalue weighted by Gasteiger charge is -2.19. The Kier molecular flexibility index (Phi) is 6.50. The fourth-order valence-electron chi connectivity index (χ4n) is 1.94. The van der Waals surface area contributed by atoms with Gasteiger partial charge >= 0.3 is 17.9 Å². The molecule has 0 radical (unpaired) electrons. The minimum absolute atomic E-state index is 0.0153. The van der Waals surface area contributed by atoms with Gasteiger partial charge in [-0.25, -0.2) is 14.4 Å². The van der Waals surface area contributed by atoms with Gasteiger partial charge in [0.1, 0.15) is 12.2 Å². The van der Waals surface area contributed by atoms with E-state index in [0.29, 0.717) is 6.42 Å². The number of carboxylic acids is 1. The van der Waals surface area contributed by atoms with Crippen LogP contribution in [0.4, 0.5) is 0 Å². The zero-order valence-corrected chi connectivity index (χ0v) is 13.4. The highest BCUT2D eigenvalue weighted by atomic mass is 16.6. The molecule has 6 heteroatoms. The van der Waals surface area contributed by atoms with Crippen LogP contribution < -0.4 is 0 Å². The number of carboxylic acid groups (broad SMARTS) is 1. The lowest BCUT2D eigenvalue weighted by Crippen LogP contribution is -2.24. The topological polar surface area (TPSA) is 89.9 Å². The normalized spacial score (nSPS) is 12.8. The number of aromatic carboxylic acids is 1. The predicted octanol–water partition coefficient (Wildman–Crippen LogP) is 2.83. The van der Waals surface area contributed by atoms with Crippen LogP contribution in [0.5, 0.6) is 0 Å². The quantitative estimate of drug-likeness (QED) is 0.614. The van der Waals surface area contributed by atoms with Crippen molar-refractivity contribution in [3.8, 4) is 0 Å². The van der Waals surface area contributed by atoms with E-state index in [1.165, 1.54) is 18.2 Å². The van der Waals surface area contributed by atoms with Gasteiger partial charge in [-0.1, -0.05) is 18.7 Å². The highest BCUT2D eigenvalue weighted by molar-refractivity contribution is 6.02. The van der Waals surface area contributed by atoms with E-state index in [1.807, 2.05) is 0 Å². The van der Waals surface area contributed by atoms with Crippen LogP contribution in [-0.2, 0) is 14.3 Å². The Hall–Kier alpha value is -2.63. The van der Waals surface area contributed by atoms with Gasteiger partial charge in [-0.15, -0.1) is 0 Å². The molecule has 0 saturated carbocycles. The summed E-state index contributed by atoms with van der Waals surface area (Å²) < 4.78 is 10.3. The highest BCUT2D eigenvalue weighted by Gasteiger charge is 2.21. The zero-order chi connectivity index (χ0) is 17.6. The van der Waals surface area contributed by atoms with Crippen molar-refractivity contribution < 1.29 is 29.0 Å². The van der Waals surface area contributed by atoms with Crippen LogP contribution >= 0.6 is 0 Å². The number of rotatable bonds is 7. The monoisotopic (exact) mass is 320 g/mol. The van der Waals surface area contributed by atoms with Gasteiger partial charge in [-0.3, -0.25) is 0 Å². The molecular formula is C17H20O6.